The van der Waals surface area contributed by atoms with Gasteiger partial charge in [0, 0.05) is 32.2 Å². The lowest BCUT2D eigenvalue weighted by atomic mass is 10.2. The Bertz CT molecular complexity index is 344. The molecule has 18 heavy (non-hydrogen) atoms. The van der Waals surface area contributed by atoms with Crippen LogP contribution in [0.25, 0.3) is 0 Å². The van der Waals surface area contributed by atoms with Crippen molar-refractivity contribution in [1.82, 2.24) is 9.21 Å². The highest BCUT2D eigenvalue weighted by Crippen LogP contribution is 2.24. The highest BCUT2D eigenvalue weighted by atomic mass is 32.2. The summed E-state index contributed by atoms with van der Waals surface area (Å²) in [5.74, 6) is 0.201. The van der Waals surface area contributed by atoms with Crippen LogP contribution in [0.3, 0.4) is 0 Å². The van der Waals surface area contributed by atoms with Gasteiger partial charge in [0.05, 0.1) is 5.75 Å². The fraction of sp³-hybridized carbons (Fsp3) is 1.00. The zero-order valence-electron chi connectivity index (χ0n) is 11.1. The Morgan fingerprint density at radius 2 is 1.67 bits per heavy atom. The second-order valence-electron chi connectivity index (χ2n) is 5.33. The van der Waals surface area contributed by atoms with Crippen LogP contribution in [0, 0.1) is 0 Å². The van der Waals surface area contributed by atoms with Crippen molar-refractivity contribution in [2.45, 2.75) is 38.1 Å². The largest absolute Gasteiger partial charge is 0.330 e. The van der Waals surface area contributed by atoms with E-state index in [-0.39, 0.29) is 5.75 Å². The van der Waals surface area contributed by atoms with Gasteiger partial charge in [-0.3, -0.25) is 4.90 Å². The van der Waals surface area contributed by atoms with Crippen LogP contribution < -0.4 is 5.73 Å². The third-order valence-electron chi connectivity index (χ3n) is 4.11. The van der Waals surface area contributed by atoms with E-state index in [1.807, 2.05) is 0 Å². The minimum Gasteiger partial charge on any atom is -0.330 e. The average Bonchev–Trinajstić information content (AvgIpc) is 2.90. The van der Waals surface area contributed by atoms with Gasteiger partial charge in [-0.25, -0.2) is 8.42 Å². The first kappa shape index (κ1) is 14.2. The lowest BCUT2D eigenvalue weighted by Crippen LogP contribution is -2.51. The summed E-state index contributed by atoms with van der Waals surface area (Å²) in [5.41, 5.74) is 5.38. The maximum absolute atomic E-state index is 12.0. The molecule has 0 radical (unpaired) electrons. The summed E-state index contributed by atoms with van der Waals surface area (Å²) in [6, 6.07) is 0.707. The molecule has 0 unspecified atom stereocenters. The Balaban J connectivity index is 1.82. The molecule has 2 N–H and O–H groups in total. The third kappa shape index (κ3) is 3.44. The monoisotopic (exact) mass is 275 g/mol. The maximum atomic E-state index is 12.0. The molecule has 1 aliphatic heterocycles. The predicted octanol–water partition coefficient (Wildman–Crippen LogP) is 0.225. The highest BCUT2D eigenvalue weighted by molar-refractivity contribution is 7.89. The van der Waals surface area contributed by atoms with Crippen molar-refractivity contribution in [3.63, 3.8) is 0 Å². The van der Waals surface area contributed by atoms with Crippen molar-refractivity contribution in [1.29, 1.82) is 0 Å². The van der Waals surface area contributed by atoms with E-state index in [1.54, 1.807) is 4.31 Å². The van der Waals surface area contributed by atoms with Crippen LogP contribution in [-0.2, 0) is 10.0 Å². The van der Waals surface area contributed by atoms with Gasteiger partial charge in [-0.2, -0.15) is 4.31 Å². The van der Waals surface area contributed by atoms with Crippen molar-refractivity contribution in [3.8, 4) is 0 Å². The molecule has 1 saturated heterocycles. The van der Waals surface area contributed by atoms with Crippen LogP contribution in [0.4, 0.5) is 0 Å². The smallest absolute Gasteiger partial charge is 0.214 e. The molecule has 1 heterocycles. The van der Waals surface area contributed by atoms with Gasteiger partial charge in [0.1, 0.15) is 0 Å². The van der Waals surface area contributed by atoms with Gasteiger partial charge in [-0.15, -0.1) is 0 Å². The molecule has 2 aliphatic rings. The molecule has 1 saturated carbocycles. The Morgan fingerprint density at radius 3 is 2.22 bits per heavy atom. The number of hydrogen-bond donors (Lipinski definition) is 1. The number of sulfonamides is 1. The molecule has 0 aromatic heterocycles. The minimum absolute atomic E-state index is 0.201. The quantitative estimate of drug-likeness (QED) is 0.780. The van der Waals surface area contributed by atoms with E-state index >= 15 is 0 Å². The van der Waals surface area contributed by atoms with Gasteiger partial charge in [0.25, 0.3) is 0 Å². The third-order valence-corrected chi connectivity index (χ3v) is 6.07. The first-order valence-corrected chi connectivity index (χ1v) is 8.66. The SMILES string of the molecule is NCCCS(=O)(=O)N1CCN(C2CCCC2)CC1. The lowest BCUT2D eigenvalue weighted by molar-refractivity contribution is 0.139. The summed E-state index contributed by atoms with van der Waals surface area (Å²) >= 11 is 0. The molecule has 0 atom stereocenters. The molecule has 0 spiro atoms. The Kier molecular flexibility index (Phi) is 5.00. The second-order valence-corrected chi connectivity index (χ2v) is 7.42. The summed E-state index contributed by atoms with van der Waals surface area (Å²) < 4.78 is 25.7. The molecular formula is C12H25N3O2S. The molecule has 5 nitrogen and oxygen atoms in total. The number of nitrogens with zero attached hydrogens (tertiary/aromatic N) is 2. The van der Waals surface area contributed by atoms with Gasteiger partial charge in [-0.05, 0) is 25.8 Å². The molecular weight excluding hydrogens is 250 g/mol. The highest BCUT2D eigenvalue weighted by Gasteiger charge is 2.30. The van der Waals surface area contributed by atoms with E-state index < -0.39 is 10.0 Å². The molecule has 0 aromatic carbocycles. The topological polar surface area (TPSA) is 66.6 Å². The van der Waals surface area contributed by atoms with Crippen LogP contribution in [0.5, 0.6) is 0 Å². The van der Waals surface area contributed by atoms with E-state index in [2.05, 4.69) is 4.90 Å². The lowest BCUT2D eigenvalue weighted by Gasteiger charge is -2.37. The standard InChI is InChI=1S/C12H25N3O2S/c13-6-3-11-18(16,17)15-9-7-14(8-10-15)12-4-1-2-5-12/h12H,1-11,13H2. The summed E-state index contributed by atoms with van der Waals surface area (Å²) in [6.07, 6.45) is 5.81. The number of piperazine rings is 1. The molecule has 1 aliphatic carbocycles. The first-order valence-electron chi connectivity index (χ1n) is 7.05. The number of rotatable bonds is 5. The van der Waals surface area contributed by atoms with E-state index in [0.29, 0.717) is 32.1 Å². The molecule has 6 heteroatoms. The molecule has 2 rings (SSSR count). The van der Waals surface area contributed by atoms with Crippen molar-refractivity contribution in [2.24, 2.45) is 5.73 Å². The van der Waals surface area contributed by atoms with E-state index in [1.165, 1.54) is 25.7 Å². The van der Waals surface area contributed by atoms with Gasteiger partial charge >= 0.3 is 0 Å². The summed E-state index contributed by atoms with van der Waals surface area (Å²) in [5, 5.41) is 0. The molecule has 0 amide bonds. The molecule has 0 bridgehead atoms. The van der Waals surface area contributed by atoms with Gasteiger partial charge in [0.2, 0.25) is 10.0 Å². The van der Waals surface area contributed by atoms with E-state index in [9.17, 15) is 8.42 Å². The molecule has 2 fully saturated rings. The maximum Gasteiger partial charge on any atom is 0.214 e. The van der Waals surface area contributed by atoms with Crippen LogP contribution >= 0.6 is 0 Å². The Morgan fingerprint density at radius 1 is 1.06 bits per heavy atom. The van der Waals surface area contributed by atoms with Crippen molar-refractivity contribution in [3.05, 3.63) is 0 Å². The average molecular weight is 275 g/mol. The minimum atomic E-state index is -3.07. The van der Waals surface area contributed by atoms with Crippen molar-refractivity contribution in [2.75, 3.05) is 38.5 Å². The van der Waals surface area contributed by atoms with Crippen LogP contribution in [0.15, 0.2) is 0 Å². The fourth-order valence-corrected chi connectivity index (χ4v) is 4.52. The van der Waals surface area contributed by atoms with Crippen LogP contribution in [0.2, 0.25) is 0 Å². The van der Waals surface area contributed by atoms with E-state index in [0.717, 1.165) is 13.1 Å². The predicted molar refractivity (Wildman–Crippen MR) is 72.9 cm³/mol. The van der Waals surface area contributed by atoms with Gasteiger partial charge < -0.3 is 5.73 Å². The summed E-state index contributed by atoms with van der Waals surface area (Å²) in [6.45, 7) is 3.55. The van der Waals surface area contributed by atoms with Crippen LogP contribution in [0.1, 0.15) is 32.1 Å². The molecule has 0 aromatic rings. The number of nitrogens with two attached hydrogens (primary N) is 1. The van der Waals surface area contributed by atoms with Crippen LogP contribution in [-0.4, -0.2) is 62.1 Å². The van der Waals surface area contributed by atoms with E-state index in [4.69, 9.17) is 5.73 Å². The van der Waals surface area contributed by atoms with Gasteiger partial charge in [0.15, 0.2) is 0 Å². The van der Waals surface area contributed by atoms with Gasteiger partial charge in [-0.1, -0.05) is 12.8 Å². The summed E-state index contributed by atoms with van der Waals surface area (Å²) in [7, 11) is -3.07. The zero-order valence-corrected chi connectivity index (χ0v) is 11.9. The molecule has 106 valence electrons. The number of hydrogen-bond acceptors (Lipinski definition) is 4. The van der Waals surface area contributed by atoms with Crippen molar-refractivity contribution < 1.29 is 8.42 Å². The second kappa shape index (κ2) is 6.32. The first-order chi connectivity index (χ1) is 8.63. The zero-order chi connectivity index (χ0) is 13.0. The summed E-state index contributed by atoms with van der Waals surface area (Å²) in [4.78, 5) is 2.47. The Labute approximate surface area is 110 Å². The Hall–Kier alpha value is -0.170. The normalized spacial score (nSPS) is 24.7. The van der Waals surface area contributed by atoms with Crippen molar-refractivity contribution >= 4 is 10.0 Å². The fourth-order valence-electron chi connectivity index (χ4n) is 3.01.